The highest BCUT2D eigenvalue weighted by Crippen LogP contribution is 2.26. The molecule has 1 aliphatic heterocycles. The molecule has 1 amide bonds. The first kappa shape index (κ1) is 41.8. The van der Waals surface area contributed by atoms with E-state index in [0.717, 1.165) is 44.9 Å². The summed E-state index contributed by atoms with van der Waals surface area (Å²) < 4.78 is 46.9. The van der Waals surface area contributed by atoms with Crippen LogP contribution in [0.5, 0.6) is 0 Å². The number of hydrogen-bond acceptors (Lipinski definition) is 11. The Bertz CT molecular complexity index is 905. The molecule has 1 rings (SSSR count). The molecule has 45 heavy (non-hydrogen) atoms. The lowest BCUT2D eigenvalue weighted by Crippen LogP contribution is -2.61. The standard InChI is InChI=1S/C31H59NO12S/c1-3-5-7-9-11-12-13-14-16-18-20-25(35)30(38)32-23(24(34)19-17-15-10-8-6-4-2)22-42-31-28(37)29(44-45(39,40)41)27(36)26(21-33)43-31/h17,19,23-29,31,33-37H,3-16,18,20-22H2,1-2H3,(H,32,38)(H,39,40,41)/b19-17+. The van der Waals surface area contributed by atoms with Crippen LogP contribution in [0.3, 0.4) is 0 Å². The number of carbonyl (C=O) groups excluding carboxylic acids is 1. The van der Waals surface area contributed by atoms with Crippen LogP contribution in [0.25, 0.3) is 0 Å². The Hall–Kier alpha value is -1.20. The van der Waals surface area contributed by atoms with Gasteiger partial charge in [0.25, 0.3) is 0 Å². The zero-order valence-electron chi connectivity index (χ0n) is 27.0. The van der Waals surface area contributed by atoms with Crippen molar-refractivity contribution in [1.82, 2.24) is 5.32 Å². The van der Waals surface area contributed by atoms with Gasteiger partial charge in [-0.1, -0.05) is 109 Å². The maximum Gasteiger partial charge on any atom is 0.397 e. The second-order valence-corrected chi connectivity index (χ2v) is 12.9. The van der Waals surface area contributed by atoms with E-state index < -0.39 is 78.5 Å². The molecule has 0 saturated carbocycles. The van der Waals surface area contributed by atoms with Crippen LogP contribution in [0, 0.1) is 0 Å². The van der Waals surface area contributed by atoms with Gasteiger partial charge in [-0.2, -0.15) is 8.42 Å². The second kappa shape index (κ2) is 24.0. The summed E-state index contributed by atoms with van der Waals surface area (Å²) in [6.07, 6.45) is 8.10. The fourth-order valence-corrected chi connectivity index (χ4v) is 5.67. The lowest BCUT2D eigenvalue weighted by Gasteiger charge is -2.41. The average Bonchev–Trinajstić information content (AvgIpc) is 3.00. The van der Waals surface area contributed by atoms with Crippen molar-refractivity contribution in [3.8, 4) is 0 Å². The van der Waals surface area contributed by atoms with Gasteiger partial charge in [0.15, 0.2) is 6.29 Å². The van der Waals surface area contributed by atoms with Gasteiger partial charge >= 0.3 is 10.4 Å². The van der Waals surface area contributed by atoms with E-state index in [1.54, 1.807) is 6.08 Å². The Kier molecular flexibility index (Phi) is 22.3. The number of ether oxygens (including phenoxy) is 2. The molecule has 0 aliphatic carbocycles. The van der Waals surface area contributed by atoms with Crippen LogP contribution in [0.4, 0.5) is 0 Å². The van der Waals surface area contributed by atoms with Crippen LogP contribution in [-0.4, -0.2) is 107 Å². The maximum absolute atomic E-state index is 12.8. The minimum absolute atomic E-state index is 0.244. The third kappa shape index (κ3) is 18.1. The second-order valence-electron chi connectivity index (χ2n) is 11.9. The van der Waals surface area contributed by atoms with Crippen molar-refractivity contribution in [2.45, 2.75) is 166 Å². The van der Waals surface area contributed by atoms with E-state index in [1.165, 1.54) is 44.6 Å². The lowest BCUT2D eigenvalue weighted by atomic mass is 9.99. The number of aliphatic hydroxyl groups excluding tert-OH is 5. The quantitative estimate of drug-likeness (QED) is 0.0403. The van der Waals surface area contributed by atoms with E-state index in [-0.39, 0.29) is 6.42 Å². The monoisotopic (exact) mass is 669 g/mol. The predicted octanol–water partition coefficient (Wildman–Crippen LogP) is 2.67. The van der Waals surface area contributed by atoms with E-state index in [1.807, 2.05) is 0 Å². The number of hydrogen-bond donors (Lipinski definition) is 7. The zero-order chi connectivity index (χ0) is 33.7. The first-order chi connectivity index (χ1) is 21.4. The molecule has 0 aromatic carbocycles. The van der Waals surface area contributed by atoms with Crippen molar-refractivity contribution in [3.05, 3.63) is 12.2 Å². The van der Waals surface area contributed by atoms with Crippen molar-refractivity contribution < 1.29 is 57.0 Å². The van der Waals surface area contributed by atoms with Crippen LogP contribution in [0.15, 0.2) is 12.2 Å². The van der Waals surface area contributed by atoms with E-state index in [2.05, 4.69) is 23.3 Å². The minimum Gasteiger partial charge on any atom is -0.394 e. The summed E-state index contributed by atoms with van der Waals surface area (Å²) in [6, 6.07) is -1.11. The first-order valence-electron chi connectivity index (χ1n) is 16.7. The average molecular weight is 670 g/mol. The summed E-state index contributed by atoms with van der Waals surface area (Å²) in [5, 5.41) is 54.3. The van der Waals surface area contributed by atoms with Crippen LogP contribution in [0.2, 0.25) is 0 Å². The van der Waals surface area contributed by atoms with Gasteiger partial charge in [0.2, 0.25) is 5.91 Å². The number of carbonyl (C=O) groups is 1. The first-order valence-corrected chi connectivity index (χ1v) is 18.0. The summed E-state index contributed by atoms with van der Waals surface area (Å²) in [6.45, 7) is 3.03. The number of amides is 1. The molecular weight excluding hydrogens is 610 g/mol. The molecule has 1 aliphatic rings. The molecule has 14 heteroatoms. The fourth-order valence-electron chi connectivity index (χ4n) is 5.16. The molecule has 0 spiro atoms. The molecule has 0 aromatic heterocycles. The molecule has 8 unspecified atom stereocenters. The molecular formula is C31H59NO12S. The van der Waals surface area contributed by atoms with Crippen LogP contribution in [0.1, 0.15) is 117 Å². The van der Waals surface area contributed by atoms with Gasteiger partial charge in [-0.25, -0.2) is 4.18 Å². The Balaban J connectivity index is 2.76. The highest BCUT2D eigenvalue weighted by molar-refractivity contribution is 7.80. The fraction of sp³-hybridized carbons (Fsp3) is 0.903. The highest BCUT2D eigenvalue weighted by atomic mass is 32.3. The Morgan fingerprint density at radius 3 is 2.00 bits per heavy atom. The van der Waals surface area contributed by atoms with Gasteiger partial charge in [-0.15, -0.1) is 0 Å². The number of allylic oxidation sites excluding steroid dienone is 1. The molecule has 13 nitrogen and oxygen atoms in total. The van der Waals surface area contributed by atoms with Crippen LogP contribution < -0.4 is 5.32 Å². The number of aliphatic hydroxyl groups is 5. The third-order valence-corrected chi connectivity index (χ3v) is 8.39. The van der Waals surface area contributed by atoms with Crippen molar-refractivity contribution in [1.29, 1.82) is 0 Å². The molecule has 0 radical (unpaired) electrons. The van der Waals surface area contributed by atoms with Gasteiger partial charge in [0.1, 0.15) is 30.5 Å². The molecule has 1 heterocycles. The Morgan fingerprint density at radius 1 is 0.889 bits per heavy atom. The lowest BCUT2D eigenvalue weighted by molar-refractivity contribution is -0.298. The van der Waals surface area contributed by atoms with E-state index in [4.69, 9.17) is 14.0 Å². The summed E-state index contributed by atoms with van der Waals surface area (Å²) >= 11 is 0. The smallest absolute Gasteiger partial charge is 0.394 e. The van der Waals surface area contributed by atoms with Gasteiger partial charge in [0, 0.05) is 0 Å². The summed E-state index contributed by atoms with van der Waals surface area (Å²) in [7, 11) is -5.10. The van der Waals surface area contributed by atoms with Gasteiger partial charge in [0.05, 0.1) is 25.4 Å². The van der Waals surface area contributed by atoms with E-state index in [0.29, 0.717) is 12.8 Å². The zero-order valence-corrected chi connectivity index (χ0v) is 27.9. The van der Waals surface area contributed by atoms with Crippen molar-refractivity contribution >= 4 is 16.3 Å². The SMILES string of the molecule is CCCCCC/C=C/C(O)C(COC1OC(CO)C(O)C(OS(=O)(=O)O)C1O)NC(=O)C(O)CCCCCCCCCCCC. The maximum atomic E-state index is 12.8. The molecule has 0 aromatic rings. The van der Waals surface area contributed by atoms with Crippen LogP contribution >= 0.6 is 0 Å². The van der Waals surface area contributed by atoms with E-state index in [9.17, 15) is 38.7 Å². The minimum atomic E-state index is -5.10. The Morgan fingerprint density at radius 2 is 1.44 bits per heavy atom. The molecule has 7 N–H and O–H groups in total. The number of nitrogens with one attached hydrogen (secondary N) is 1. The van der Waals surface area contributed by atoms with Crippen molar-refractivity contribution in [2.24, 2.45) is 0 Å². The topological polar surface area (TPSA) is 212 Å². The summed E-state index contributed by atoms with van der Waals surface area (Å²) in [4.78, 5) is 12.8. The van der Waals surface area contributed by atoms with E-state index >= 15 is 0 Å². The summed E-state index contributed by atoms with van der Waals surface area (Å²) in [5.74, 6) is -0.712. The molecule has 0 bridgehead atoms. The number of unbranched alkanes of at least 4 members (excludes halogenated alkanes) is 13. The largest absolute Gasteiger partial charge is 0.397 e. The third-order valence-electron chi connectivity index (χ3n) is 7.93. The van der Waals surface area contributed by atoms with Gasteiger partial charge in [-0.05, 0) is 19.3 Å². The highest BCUT2D eigenvalue weighted by Gasteiger charge is 2.48. The summed E-state index contributed by atoms with van der Waals surface area (Å²) in [5.41, 5.74) is 0. The normalized spacial score (nSPS) is 24.5. The Labute approximate surface area is 269 Å². The molecule has 1 fully saturated rings. The number of rotatable bonds is 26. The van der Waals surface area contributed by atoms with Crippen LogP contribution in [-0.2, 0) is 28.9 Å². The van der Waals surface area contributed by atoms with Crippen molar-refractivity contribution in [2.75, 3.05) is 13.2 Å². The molecule has 1 saturated heterocycles. The van der Waals surface area contributed by atoms with Gasteiger partial charge < -0.3 is 40.3 Å². The molecule has 8 atom stereocenters. The van der Waals surface area contributed by atoms with Crippen molar-refractivity contribution in [3.63, 3.8) is 0 Å². The predicted molar refractivity (Wildman–Crippen MR) is 168 cm³/mol. The van der Waals surface area contributed by atoms with Gasteiger partial charge in [-0.3, -0.25) is 9.35 Å². The molecule has 266 valence electrons.